The number of hydrogen-bond acceptors (Lipinski definition) is 3. The van der Waals surface area contributed by atoms with Gasteiger partial charge in [0.25, 0.3) is 0 Å². The molecule has 0 spiro atoms. The minimum absolute atomic E-state index is 0.126. The van der Waals surface area contributed by atoms with Gasteiger partial charge in [-0.15, -0.1) is 0 Å². The summed E-state index contributed by atoms with van der Waals surface area (Å²) in [6.45, 7) is 2.98. The predicted octanol–water partition coefficient (Wildman–Crippen LogP) is 2.46. The topological polar surface area (TPSA) is 62.2 Å². The first kappa shape index (κ1) is 15.3. The van der Waals surface area contributed by atoms with Gasteiger partial charge in [-0.1, -0.05) is 12.8 Å². The van der Waals surface area contributed by atoms with Crippen LogP contribution in [0.3, 0.4) is 0 Å². The van der Waals surface area contributed by atoms with Crippen LogP contribution < -0.4 is 10.6 Å². The fourth-order valence-corrected chi connectivity index (χ4v) is 3.62. The number of hydrogen-bond donors (Lipinski definition) is 2. The highest BCUT2D eigenvalue weighted by molar-refractivity contribution is 5.88. The van der Waals surface area contributed by atoms with Crippen molar-refractivity contribution < 1.29 is 4.79 Å². The van der Waals surface area contributed by atoms with E-state index >= 15 is 0 Å². The second kappa shape index (κ2) is 7.13. The van der Waals surface area contributed by atoms with Crippen molar-refractivity contribution in [3.8, 4) is 0 Å². The van der Waals surface area contributed by atoms with Crippen LogP contribution in [0, 0.1) is 5.92 Å². The molecule has 1 saturated carbocycles. The first-order chi connectivity index (χ1) is 10.7. The van der Waals surface area contributed by atoms with Crippen molar-refractivity contribution in [1.82, 2.24) is 20.0 Å². The molecule has 1 aliphatic heterocycles. The molecule has 1 saturated heterocycles. The van der Waals surface area contributed by atoms with Gasteiger partial charge in [0.1, 0.15) is 0 Å². The molecule has 6 heteroatoms. The number of piperidine rings is 1. The fourth-order valence-electron chi connectivity index (χ4n) is 3.62. The largest absolute Gasteiger partial charge is 0.338 e. The van der Waals surface area contributed by atoms with Crippen molar-refractivity contribution in [2.24, 2.45) is 5.92 Å². The summed E-state index contributed by atoms with van der Waals surface area (Å²) in [6, 6.07) is 0.385. The maximum Gasteiger partial charge on any atom is 0.319 e. The van der Waals surface area contributed by atoms with Crippen molar-refractivity contribution >= 4 is 11.7 Å². The number of urea groups is 1. The standard InChI is InChI=1S/C16H27N5O/c1-20-8-4-5-13(11-20)9-17-16(22)19-14-10-18-21(12-14)15-6-2-3-7-15/h10,12-13,15H,2-9,11H2,1H3,(H2,17,19,22). The summed E-state index contributed by atoms with van der Waals surface area (Å²) >= 11 is 0. The SMILES string of the molecule is CN1CCCC(CNC(=O)Nc2cnn(C3CCCC3)c2)C1. The zero-order valence-corrected chi connectivity index (χ0v) is 13.4. The Labute approximate surface area is 132 Å². The van der Waals surface area contributed by atoms with E-state index in [1.54, 1.807) is 6.20 Å². The highest BCUT2D eigenvalue weighted by Gasteiger charge is 2.19. The van der Waals surface area contributed by atoms with Crippen LogP contribution in [0.1, 0.15) is 44.6 Å². The first-order valence-corrected chi connectivity index (χ1v) is 8.48. The Bertz CT molecular complexity index is 494. The van der Waals surface area contributed by atoms with E-state index in [1.807, 2.05) is 10.9 Å². The summed E-state index contributed by atoms with van der Waals surface area (Å²) in [5.41, 5.74) is 0.783. The van der Waals surface area contributed by atoms with Gasteiger partial charge >= 0.3 is 6.03 Å². The molecule has 2 aliphatic rings. The molecule has 2 N–H and O–H groups in total. The third kappa shape index (κ3) is 4.00. The number of nitrogens with one attached hydrogen (secondary N) is 2. The number of carbonyl (C=O) groups is 1. The van der Waals surface area contributed by atoms with Crippen molar-refractivity contribution in [2.75, 3.05) is 32.0 Å². The van der Waals surface area contributed by atoms with Crippen molar-refractivity contribution in [3.63, 3.8) is 0 Å². The first-order valence-electron chi connectivity index (χ1n) is 8.48. The summed E-state index contributed by atoms with van der Waals surface area (Å²) in [4.78, 5) is 14.3. The average Bonchev–Trinajstić information content (AvgIpc) is 3.16. The molecule has 3 rings (SSSR count). The number of likely N-dealkylation sites (tertiary alicyclic amines) is 1. The highest BCUT2D eigenvalue weighted by atomic mass is 16.2. The zero-order valence-electron chi connectivity index (χ0n) is 13.4. The lowest BCUT2D eigenvalue weighted by atomic mass is 9.99. The van der Waals surface area contributed by atoms with Crippen LogP contribution >= 0.6 is 0 Å². The van der Waals surface area contributed by atoms with E-state index in [9.17, 15) is 4.79 Å². The molecule has 122 valence electrons. The van der Waals surface area contributed by atoms with E-state index < -0.39 is 0 Å². The van der Waals surface area contributed by atoms with Crippen LogP contribution in [0.25, 0.3) is 0 Å². The number of nitrogens with zero attached hydrogens (tertiary/aromatic N) is 3. The smallest absolute Gasteiger partial charge is 0.319 e. The Hall–Kier alpha value is -1.56. The van der Waals surface area contributed by atoms with Gasteiger partial charge in [-0.25, -0.2) is 4.79 Å². The van der Waals surface area contributed by atoms with Gasteiger partial charge < -0.3 is 15.5 Å². The van der Waals surface area contributed by atoms with E-state index in [-0.39, 0.29) is 6.03 Å². The normalized spacial score (nSPS) is 23.6. The van der Waals surface area contributed by atoms with E-state index in [4.69, 9.17) is 0 Å². The lowest BCUT2D eigenvalue weighted by Crippen LogP contribution is -2.40. The van der Waals surface area contributed by atoms with Crippen LogP contribution in [0.5, 0.6) is 0 Å². The van der Waals surface area contributed by atoms with Crippen molar-refractivity contribution in [3.05, 3.63) is 12.4 Å². The zero-order chi connectivity index (χ0) is 15.4. The lowest BCUT2D eigenvalue weighted by molar-refractivity contribution is 0.204. The van der Waals surface area contributed by atoms with Crippen LogP contribution in [-0.4, -0.2) is 47.4 Å². The summed E-state index contributed by atoms with van der Waals surface area (Å²) in [7, 11) is 2.14. The molecule has 1 aromatic heterocycles. The summed E-state index contributed by atoms with van der Waals surface area (Å²) < 4.78 is 2.00. The molecule has 1 unspecified atom stereocenters. The van der Waals surface area contributed by atoms with Gasteiger partial charge in [-0.2, -0.15) is 5.10 Å². The monoisotopic (exact) mass is 305 g/mol. The second-order valence-electron chi connectivity index (χ2n) is 6.75. The van der Waals surface area contributed by atoms with Gasteiger partial charge in [0, 0.05) is 19.3 Å². The molecule has 1 aliphatic carbocycles. The predicted molar refractivity (Wildman–Crippen MR) is 87.0 cm³/mol. The van der Waals surface area contributed by atoms with E-state index in [0.29, 0.717) is 12.0 Å². The van der Waals surface area contributed by atoms with Crippen molar-refractivity contribution in [2.45, 2.75) is 44.6 Å². The third-order valence-electron chi connectivity index (χ3n) is 4.83. The van der Waals surface area contributed by atoms with Gasteiger partial charge in [-0.3, -0.25) is 4.68 Å². The Morgan fingerprint density at radius 3 is 2.91 bits per heavy atom. The van der Waals surface area contributed by atoms with E-state index in [0.717, 1.165) is 18.8 Å². The molecule has 0 aromatic carbocycles. The Balaban J connectivity index is 1.43. The van der Waals surface area contributed by atoms with Crippen LogP contribution in [-0.2, 0) is 0 Å². The molecule has 22 heavy (non-hydrogen) atoms. The summed E-state index contributed by atoms with van der Waals surface area (Å²) in [6.07, 6.45) is 11.1. The number of amides is 2. The van der Waals surface area contributed by atoms with Gasteiger partial charge in [-0.05, 0) is 45.2 Å². The Morgan fingerprint density at radius 1 is 1.32 bits per heavy atom. The number of carbonyl (C=O) groups excluding carboxylic acids is 1. The molecule has 2 fully saturated rings. The molecule has 6 nitrogen and oxygen atoms in total. The summed E-state index contributed by atoms with van der Waals surface area (Å²) in [5, 5.41) is 10.3. The quantitative estimate of drug-likeness (QED) is 0.898. The van der Waals surface area contributed by atoms with Crippen molar-refractivity contribution in [1.29, 1.82) is 0 Å². The minimum Gasteiger partial charge on any atom is -0.338 e. The number of rotatable bonds is 4. The third-order valence-corrected chi connectivity index (χ3v) is 4.83. The van der Waals surface area contributed by atoms with Crippen LogP contribution in [0.2, 0.25) is 0 Å². The highest BCUT2D eigenvalue weighted by Crippen LogP contribution is 2.29. The van der Waals surface area contributed by atoms with Crippen LogP contribution in [0.4, 0.5) is 10.5 Å². The fraction of sp³-hybridized carbons (Fsp3) is 0.750. The average molecular weight is 305 g/mol. The Morgan fingerprint density at radius 2 is 2.14 bits per heavy atom. The molecule has 0 radical (unpaired) electrons. The Kier molecular flexibility index (Phi) is 4.97. The molecule has 2 heterocycles. The number of anilines is 1. The van der Waals surface area contributed by atoms with E-state index in [2.05, 4.69) is 27.7 Å². The second-order valence-corrected chi connectivity index (χ2v) is 6.75. The minimum atomic E-state index is -0.126. The van der Waals surface area contributed by atoms with Gasteiger partial charge in [0.15, 0.2) is 0 Å². The maximum atomic E-state index is 12.0. The number of aromatic nitrogens is 2. The lowest BCUT2D eigenvalue weighted by Gasteiger charge is -2.29. The van der Waals surface area contributed by atoms with Gasteiger partial charge in [0.2, 0.25) is 0 Å². The molecular formula is C16H27N5O. The molecular weight excluding hydrogens is 278 g/mol. The van der Waals surface area contributed by atoms with E-state index in [1.165, 1.54) is 45.1 Å². The van der Waals surface area contributed by atoms with Crippen LogP contribution in [0.15, 0.2) is 12.4 Å². The molecule has 0 bridgehead atoms. The maximum absolute atomic E-state index is 12.0. The van der Waals surface area contributed by atoms with Gasteiger partial charge in [0.05, 0.1) is 17.9 Å². The molecule has 2 amide bonds. The molecule has 1 aromatic rings. The summed E-state index contributed by atoms with van der Waals surface area (Å²) in [5.74, 6) is 0.561. The molecule has 1 atom stereocenters.